The Morgan fingerprint density at radius 2 is 1.78 bits per heavy atom. The molecule has 0 saturated heterocycles. The van der Waals surface area contributed by atoms with Gasteiger partial charge in [0, 0.05) is 12.1 Å². The van der Waals surface area contributed by atoms with Gasteiger partial charge < -0.3 is 20.3 Å². The Bertz CT molecular complexity index is 986. The molecule has 1 fully saturated rings. The summed E-state index contributed by atoms with van der Waals surface area (Å²) in [6.45, 7) is 0.353. The van der Waals surface area contributed by atoms with E-state index in [9.17, 15) is 18.6 Å². The molecular formula is C24H34N2O5S. The summed E-state index contributed by atoms with van der Waals surface area (Å²) >= 11 is 0. The third kappa shape index (κ3) is 6.85. The van der Waals surface area contributed by atoms with E-state index in [1.54, 1.807) is 13.2 Å². The van der Waals surface area contributed by atoms with Crippen LogP contribution in [0.15, 0.2) is 42.5 Å². The Kier molecular flexibility index (Phi) is 8.03. The highest BCUT2D eigenvalue weighted by molar-refractivity contribution is 7.92. The molecule has 0 amide bonds. The van der Waals surface area contributed by atoms with Crippen LogP contribution >= 0.6 is 0 Å². The Morgan fingerprint density at radius 3 is 2.41 bits per heavy atom. The lowest BCUT2D eigenvalue weighted by Gasteiger charge is -2.39. The first-order valence-electron chi connectivity index (χ1n) is 11.1. The average Bonchev–Trinajstić information content (AvgIpc) is 2.78. The van der Waals surface area contributed by atoms with Crippen LogP contribution in [0.4, 0.5) is 5.69 Å². The quantitative estimate of drug-likeness (QED) is 0.401. The molecule has 7 nitrogen and oxygen atoms in total. The van der Waals surface area contributed by atoms with Gasteiger partial charge in [0.1, 0.15) is 11.5 Å². The number of nitrogens with one attached hydrogen (secondary N) is 2. The molecule has 0 heterocycles. The smallest absolute Gasteiger partial charge is 0.229 e. The van der Waals surface area contributed by atoms with Gasteiger partial charge >= 0.3 is 0 Å². The lowest BCUT2D eigenvalue weighted by molar-refractivity contribution is 0.136. The molecule has 0 bridgehead atoms. The number of aromatic hydroxyl groups is 1. The van der Waals surface area contributed by atoms with Gasteiger partial charge in [-0.15, -0.1) is 0 Å². The highest BCUT2D eigenvalue weighted by atomic mass is 32.2. The van der Waals surface area contributed by atoms with Crippen LogP contribution < -0.4 is 14.8 Å². The van der Waals surface area contributed by atoms with Gasteiger partial charge in [-0.25, -0.2) is 8.42 Å². The van der Waals surface area contributed by atoms with Crippen molar-refractivity contribution in [1.82, 2.24) is 5.32 Å². The number of benzene rings is 2. The number of hydrogen-bond acceptors (Lipinski definition) is 6. The van der Waals surface area contributed by atoms with E-state index >= 15 is 0 Å². The molecule has 0 aromatic heterocycles. The minimum absolute atomic E-state index is 0.0378. The van der Waals surface area contributed by atoms with Crippen molar-refractivity contribution in [2.24, 2.45) is 0 Å². The standard InChI is InChI=1S/C24H34N2O5S/c1-31-20-9-6-18(7-10-20)12-15-24(13-4-3-5-14-24)25-17-23(28)19-8-11-22(27)21(16-19)26-32(2,29)30/h6-11,16,23,25-28H,3-5,12-15,17H2,1-2H3. The number of aryl methyl sites for hydroxylation is 1. The molecule has 176 valence electrons. The van der Waals surface area contributed by atoms with Crippen molar-refractivity contribution in [3.63, 3.8) is 0 Å². The van der Waals surface area contributed by atoms with E-state index in [0.717, 1.165) is 50.5 Å². The second-order valence-corrected chi connectivity index (χ2v) is 10.5. The van der Waals surface area contributed by atoms with Gasteiger partial charge in [-0.05, 0) is 61.1 Å². The Morgan fingerprint density at radius 1 is 1.09 bits per heavy atom. The van der Waals surface area contributed by atoms with Crippen LogP contribution in [0, 0.1) is 0 Å². The van der Waals surface area contributed by atoms with Crippen molar-refractivity contribution in [2.45, 2.75) is 56.6 Å². The maximum absolute atomic E-state index is 11.5. The predicted octanol–water partition coefficient (Wildman–Crippen LogP) is 3.73. The number of β-amino-alcohol motifs (C(OH)–C–C–N with tert-alkyl or cyclic N) is 1. The summed E-state index contributed by atoms with van der Waals surface area (Å²) in [7, 11) is -1.87. The van der Waals surface area contributed by atoms with Crippen molar-refractivity contribution < 1.29 is 23.4 Å². The van der Waals surface area contributed by atoms with Crippen molar-refractivity contribution >= 4 is 15.7 Å². The summed E-state index contributed by atoms with van der Waals surface area (Å²) < 4.78 is 30.6. The number of phenols is 1. The van der Waals surface area contributed by atoms with E-state index in [-0.39, 0.29) is 17.0 Å². The molecule has 1 unspecified atom stereocenters. The van der Waals surface area contributed by atoms with Crippen LogP contribution in [-0.4, -0.2) is 44.1 Å². The lowest BCUT2D eigenvalue weighted by Crippen LogP contribution is -2.48. The van der Waals surface area contributed by atoms with Crippen LogP contribution in [0.5, 0.6) is 11.5 Å². The van der Waals surface area contributed by atoms with Crippen molar-refractivity contribution in [1.29, 1.82) is 0 Å². The fourth-order valence-corrected chi connectivity index (χ4v) is 4.96. The number of ether oxygens (including phenoxy) is 1. The molecule has 1 saturated carbocycles. The Hall–Kier alpha value is -2.29. The van der Waals surface area contributed by atoms with Crippen LogP contribution in [0.1, 0.15) is 55.8 Å². The zero-order valence-corrected chi connectivity index (χ0v) is 19.6. The molecule has 0 radical (unpaired) electrons. The fraction of sp³-hybridized carbons (Fsp3) is 0.500. The maximum Gasteiger partial charge on any atom is 0.229 e. The van der Waals surface area contributed by atoms with E-state index in [1.807, 2.05) is 12.1 Å². The summed E-state index contributed by atoms with van der Waals surface area (Å²) in [4.78, 5) is 0. The van der Waals surface area contributed by atoms with Gasteiger partial charge in [-0.1, -0.05) is 37.5 Å². The third-order valence-electron chi connectivity index (χ3n) is 6.23. The summed E-state index contributed by atoms with van der Waals surface area (Å²) in [5, 5.41) is 24.4. The monoisotopic (exact) mass is 462 g/mol. The van der Waals surface area contributed by atoms with E-state index in [4.69, 9.17) is 4.74 Å². The van der Waals surface area contributed by atoms with Crippen LogP contribution in [0.2, 0.25) is 0 Å². The molecule has 8 heteroatoms. The van der Waals surface area contributed by atoms with Gasteiger partial charge in [0.15, 0.2) is 0 Å². The lowest BCUT2D eigenvalue weighted by atomic mass is 9.77. The summed E-state index contributed by atoms with van der Waals surface area (Å²) in [6, 6.07) is 12.6. The van der Waals surface area contributed by atoms with Crippen molar-refractivity contribution in [3.05, 3.63) is 53.6 Å². The fourth-order valence-electron chi connectivity index (χ4n) is 4.39. The molecular weight excluding hydrogens is 428 g/mol. The summed E-state index contributed by atoms with van der Waals surface area (Å²) in [6.07, 6.45) is 7.78. The molecule has 4 N–H and O–H groups in total. The second-order valence-electron chi connectivity index (χ2n) is 8.74. The normalized spacial score (nSPS) is 17.0. The van der Waals surface area contributed by atoms with Crippen molar-refractivity contribution in [3.8, 4) is 11.5 Å². The zero-order valence-electron chi connectivity index (χ0n) is 18.8. The number of anilines is 1. The van der Waals surface area contributed by atoms with Gasteiger partial charge in [0.2, 0.25) is 10.0 Å². The van der Waals surface area contributed by atoms with E-state index in [1.165, 1.54) is 24.1 Å². The van der Waals surface area contributed by atoms with Gasteiger partial charge in [0.05, 0.1) is 25.2 Å². The highest BCUT2D eigenvalue weighted by Crippen LogP contribution is 2.33. The molecule has 0 aliphatic heterocycles. The first-order valence-corrected chi connectivity index (χ1v) is 13.0. The SMILES string of the molecule is COc1ccc(CCC2(NCC(O)c3ccc(O)c(NS(C)(=O)=O)c3)CCCCC2)cc1. The first-order chi connectivity index (χ1) is 15.2. The molecule has 2 aromatic carbocycles. The number of aliphatic hydroxyl groups is 1. The molecule has 1 aliphatic carbocycles. The zero-order chi connectivity index (χ0) is 23.2. The van der Waals surface area contributed by atoms with Crippen molar-refractivity contribution in [2.75, 3.05) is 24.6 Å². The van der Waals surface area contributed by atoms with Gasteiger partial charge in [-0.3, -0.25) is 4.72 Å². The molecule has 2 aromatic rings. The number of rotatable bonds is 10. The summed E-state index contributed by atoms with van der Waals surface area (Å²) in [5.74, 6) is 0.670. The molecule has 32 heavy (non-hydrogen) atoms. The average molecular weight is 463 g/mol. The largest absolute Gasteiger partial charge is 0.506 e. The number of hydrogen-bond donors (Lipinski definition) is 4. The van der Waals surface area contributed by atoms with Crippen LogP contribution in [-0.2, 0) is 16.4 Å². The third-order valence-corrected chi connectivity index (χ3v) is 6.82. The number of aliphatic hydroxyl groups excluding tert-OH is 1. The Labute approximate surface area is 190 Å². The molecule has 1 aliphatic rings. The van der Waals surface area contributed by atoms with Crippen LogP contribution in [0.25, 0.3) is 0 Å². The first kappa shape index (κ1) is 24.4. The molecule has 1 atom stereocenters. The Balaban J connectivity index is 1.66. The minimum Gasteiger partial charge on any atom is -0.506 e. The number of phenolic OH excluding ortho intramolecular Hbond substituents is 1. The van der Waals surface area contributed by atoms with E-state index in [0.29, 0.717) is 12.1 Å². The molecule has 0 spiro atoms. The highest BCUT2D eigenvalue weighted by Gasteiger charge is 2.31. The second kappa shape index (κ2) is 10.6. The number of methoxy groups -OCH3 is 1. The van der Waals surface area contributed by atoms with Gasteiger partial charge in [-0.2, -0.15) is 0 Å². The predicted molar refractivity (Wildman–Crippen MR) is 127 cm³/mol. The summed E-state index contributed by atoms with van der Waals surface area (Å²) in [5.41, 5.74) is 1.83. The maximum atomic E-state index is 11.5. The van der Waals surface area contributed by atoms with E-state index in [2.05, 4.69) is 22.2 Å². The van der Waals surface area contributed by atoms with Crippen LogP contribution in [0.3, 0.4) is 0 Å². The molecule has 3 rings (SSSR count). The topological polar surface area (TPSA) is 108 Å². The number of sulfonamides is 1. The van der Waals surface area contributed by atoms with Gasteiger partial charge in [0.25, 0.3) is 0 Å². The minimum atomic E-state index is -3.53. The van der Waals surface area contributed by atoms with E-state index < -0.39 is 16.1 Å².